The van der Waals surface area contributed by atoms with Gasteiger partial charge in [0.15, 0.2) is 0 Å². The molecule has 1 aromatic carbocycles. The number of benzene rings is 1. The van der Waals surface area contributed by atoms with Crippen LogP contribution in [0.25, 0.3) is 0 Å². The molecule has 2 rings (SSSR count). The third kappa shape index (κ3) is 4.88. The van der Waals surface area contributed by atoms with E-state index in [0.717, 1.165) is 25.9 Å². The number of carbonyl (C=O) groups is 2. The topological polar surface area (TPSA) is 49.4 Å². The van der Waals surface area contributed by atoms with Crippen LogP contribution in [0.5, 0.6) is 0 Å². The Kier molecular flexibility index (Phi) is 5.78. The Morgan fingerprint density at radius 3 is 2.52 bits per heavy atom. The molecule has 4 nitrogen and oxygen atoms in total. The van der Waals surface area contributed by atoms with E-state index in [0.29, 0.717) is 19.4 Å². The Morgan fingerprint density at radius 2 is 1.86 bits per heavy atom. The summed E-state index contributed by atoms with van der Waals surface area (Å²) in [5.41, 5.74) is 1.17. The Balaban J connectivity index is 1.66. The van der Waals surface area contributed by atoms with Gasteiger partial charge in [-0.15, -0.1) is 0 Å². The lowest BCUT2D eigenvalue weighted by molar-refractivity contribution is -0.130. The number of carbonyl (C=O) groups excluding carboxylic acids is 2. The molecule has 114 valence electrons. The van der Waals surface area contributed by atoms with Gasteiger partial charge in [0, 0.05) is 32.5 Å². The first-order valence-corrected chi connectivity index (χ1v) is 7.76. The fourth-order valence-corrected chi connectivity index (χ4v) is 2.68. The van der Waals surface area contributed by atoms with Gasteiger partial charge in [-0.05, 0) is 24.3 Å². The number of rotatable bonds is 6. The van der Waals surface area contributed by atoms with E-state index in [9.17, 15) is 9.59 Å². The van der Waals surface area contributed by atoms with Crippen molar-refractivity contribution in [2.45, 2.75) is 38.5 Å². The van der Waals surface area contributed by atoms with Crippen molar-refractivity contribution in [3.8, 4) is 0 Å². The van der Waals surface area contributed by atoms with E-state index < -0.39 is 0 Å². The van der Waals surface area contributed by atoms with Crippen molar-refractivity contribution < 1.29 is 9.59 Å². The van der Waals surface area contributed by atoms with Gasteiger partial charge >= 0.3 is 0 Å². The lowest BCUT2D eigenvalue weighted by Gasteiger charge is -2.16. The van der Waals surface area contributed by atoms with Crippen molar-refractivity contribution in [2.24, 2.45) is 0 Å². The number of hydrogen-bond acceptors (Lipinski definition) is 2. The normalized spacial score (nSPS) is 15.8. The summed E-state index contributed by atoms with van der Waals surface area (Å²) in [6.45, 7) is 4.23. The standard InChI is InChI=1S/C17H24N2O2/c1-14(15-7-3-2-4-8-15)13-16(20)18-10-9-17(21)19-11-5-6-12-19/h2-4,7-8,14H,5-6,9-13H2,1H3,(H,18,20). The van der Waals surface area contributed by atoms with Crippen molar-refractivity contribution in [3.05, 3.63) is 35.9 Å². The summed E-state index contributed by atoms with van der Waals surface area (Å²) < 4.78 is 0. The molecule has 1 aliphatic rings. The highest BCUT2D eigenvalue weighted by Crippen LogP contribution is 2.18. The predicted molar refractivity (Wildman–Crippen MR) is 82.9 cm³/mol. The molecule has 1 saturated heterocycles. The first-order chi connectivity index (χ1) is 10.2. The van der Waals surface area contributed by atoms with Crippen molar-refractivity contribution in [2.75, 3.05) is 19.6 Å². The number of nitrogens with one attached hydrogen (secondary N) is 1. The Morgan fingerprint density at radius 1 is 1.19 bits per heavy atom. The zero-order chi connectivity index (χ0) is 15.1. The molecule has 0 radical (unpaired) electrons. The predicted octanol–water partition coefficient (Wildman–Crippen LogP) is 2.31. The first-order valence-electron chi connectivity index (χ1n) is 7.76. The Bertz CT molecular complexity index is 467. The van der Waals surface area contributed by atoms with Crippen LogP contribution in [0, 0.1) is 0 Å². The summed E-state index contributed by atoms with van der Waals surface area (Å²) in [6, 6.07) is 10.0. The van der Waals surface area contributed by atoms with E-state index >= 15 is 0 Å². The molecule has 1 unspecified atom stereocenters. The molecule has 1 N–H and O–H groups in total. The van der Waals surface area contributed by atoms with E-state index in [-0.39, 0.29) is 17.7 Å². The molecular formula is C17H24N2O2. The minimum Gasteiger partial charge on any atom is -0.356 e. The monoisotopic (exact) mass is 288 g/mol. The van der Waals surface area contributed by atoms with Gasteiger partial charge in [0.25, 0.3) is 0 Å². The number of hydrogen-bond donors (Lipinski definition) is 1. The summed E-state index contributed by atoms with van der Waals surface area (Å²) in [4.78, 5) is 25.6. The minimum absolute atomic E-state index is 0.0144. The maximum atomic E-state index is 11.9. The number of likely N-dealkylation sites (tertiary alicyclic amines) is 1. The van der Waals surface area contributed by atoms with E-state index in [2.05, 4.69) is 5.32 Å². The summed E-state index contributed by atoms with van der Waals surface area (Å²) in [6.07, 6.45) is 3.08. The second kappa shape index (κ2) is 7.81. The average molecular weight is 288 g/mol. The molecule has 0 spiro atoms. The van der Waals surface area contributed by atoms with Crippen LogP contribution in [0.2, 0.25) is 0 Å². The van der Waals surface area contributed by atoms with E-state index in [4.69, 9.17) is 0 Å². The van der Waals surface area contributed by atoms with Crippen molar-refractivity contribution in [1.29, 1.82) is 0 Å². The van der Waals surface area contributed by atoms with Crippen LogP contribution in [0.15, 0.2) is 30.3 Å². The zero-order valence-corrected chi connectivity index (χ0v) is 12.7. The van der Waals surface area contributed by atoms with Crippen molar-refractivity contribution >= 4 is 11.8 Å². The van der Waals surface area contributed by atoms with E-state index in [1.165, 1.54) is 5.56 Å². The molecule has 1 aromatic rings. The zero-order valence-electron chi connectivity index (χ0n) is 12.7. The largest absolute Gasteiger partial charge is 0.356 e. The minimum atomic E-state index is 0.0144. The van der Waals surface area contributed by atoms with Gasteiger partial charge in [-0.1, -0.05) is 37.3 Å². The highest BCUT2D eigenvalue weighted by molar-refractivity contribution is 5.79. The maximum absolute atomic E-state index is 11.9. The van der Waals surface area contributed by atoms with Gasteiger partial charge in [-0.2, -0.15) is 0 Å². The fraction of sp³-hybridized carbons (Fsp3) is 0.529. The van der Waals surface area contributed by atoms with E-state index in [1.807, 2.05) is 42.2 Å². The molecule has 1 heterocycles. The fourth-order valence-electron chi connectivity index (χ4n) is 2.68. The number of amides is 2. The first kappa shape index (κ1) is 15.5. The maximum Gasteiger partial charge on any atom is 0.224 e. The van der Waals surface area contributed by atoms with Gasteiger partial charge in [-0.3, -0.25) is 9.59 Å². The van der Waals surface area contributed by atoms with Crippen LogP contribution in [0.1, 0.15) is 44.1 Å². The molecule has 1 atom stereocenters. The van der Waals surface area contributed by atoms with Gasteiger partial charge < -0.3 is 10.2 Å². The third-order valence-corrected chi connectivity index (χ3v) is 3.98. The van der Waals surface area contributed by atoms with E-state index in [1.54, 1.807) is 0 Å². The van der Waals surface area contributed by atoms with Crippen LogP contribution < -0.4 is 5.32 Å². The molecule has 1 aliphatic heterocycles. The molecule has 0 saturated carbocycles. The summed E-state index contributed by atoms with van der Waals surface area (Å²) >= 11 is 0. The lowest BCUT2D eigenvalue weighted by atomic mass is 9.97. The van der Waals surface area contributed by atoms with Crippen LogP contribution >= 0.6 is 0 Å². The van der Waals surface area contributed by atoms with Crippen LogP contribution in [0.4, 0.5) is 0 Å². The molecule has 0 bridgehead atoms. The average Bonchev–Trinajstić information content (AvgIpc) is 3.02. The second-order valence-electron chi connectivity index (χ2n) is 5.70. The number of nitrogens with zero attached hydrogens (tertiary/aromatic N) is 1. The molecular weight excluding hydrogens is 264 g/mol. The second-order valence-corrected chi connectivity index (χ2v) is 5.70. The molecule has 0 aromatic heterocycles. The lowest BCUT2D eigenvalue weighted by Crippen LogP contribution is -2.33. The molecule has 4 heteroatoms. The summed E-state index contributed by atoms with van der Waals surface area (Å²) in [5, 5.41) is 2.85. The quantitative estimate of drug-likeness (QED) is 0.873. The van der Waals surface area contributed by atoms with Gasteiger partial charge in [0.05, 0.1) is 0 Å². The SMILES string of the molecule is CC(CC(=O)NCCC(=O)N1CCCC1)c1ccccc1. The summed E-state index contributed by atoms with van der Waals surface area (Å²) in [7, 11) is 0. The molecule has 2 amide bonds. The smallest absolute Gasteiger partial charge is 0.224 e. The van der Waals surface area contributed by atoms with Crippen LogP contribution in [-0.4, -0.2) is 36.3 Å². The highest BCUT2D eigenvalue weighted by atomic mass is 16.2. The summed E-state index contributed by atoms with van der Waals surface area (Å²) in [5.74, 6) is 0.366. The Hall–Kier alpha value is -1.84. The molecule has 0 aliphatic carbocycles. The third-order valence-electron chi connectivity index (χ3n) is 3.98. The van der Waals surface area contributed by atoms with Crippen molar-refractivity contribution in [1.82, 2.24) is 10.2 Å². The van der Waals surface area contributed by atoms with Crippen molar-refractivity contribution in [3.63, 3.8) is 0 Å². The van der Waals surface area contributed by atoms with Gasteiger partial charge in [0.2, 0.25) is 11.8 Å². The molecule has 1 fully saturated rings. The van der Waals surface area contributed by atoms with Gasteiger partial charge in [0.1, 0.15) is 0 Å². The highest BCUT2D eigenvalue weighted by Gasteiger charge is 2.17. The molecule has 21 heavy (non-hydrogen) atoms. The van der Waals surface area contributed by atoms with Crippen LogP contribution in [0.3, 0.4) is 0 Å². The van der Waals surface area contributed by atoms with Gasteiger partial charge in [-0.25, -0.2) is 0 Å². The van der Waals surface area contributed by atoms with Crippen LogP contribution in [-0.2, 0) is 9.59 Å². The Labute approximate surface area is 126 Å².